The van der Waals surface area contributed by atoms with Crippen molar-refractivity contribution in [2.75, 3.05) is 5.32 Å². The van der Waals surface area contributed by atoms with Gasteiger partial charge in [0.1, 0.15) is 10.8 Å². The number of nitrogens with one attached hydrogen (secondary N) is 1. The quantitative estimate of drug-likeness (QED) is 0.826. The SMILES string of the molecule is CC1(C)CCC(Nc2ccc(F)cc2C(N)=S)CC1. The van der Waals surface area contributed by atoms with Crippen LogP contribution < -0.4 is 11.1 Å². The van der Waals surface area contributed by atoms with Crippen LogP contribution in [0.4, 0.5) is 10.1 Å². The van der Waals surface area contributed by atoms with Crippen molar-refractivity contribution in [2.45, 2.75) is 45.6 Å². The van der Waals surface area contributed by atoms with Crippen molar-refractivity contribution in [1.82, 2.24) is 0 Å². The van der Waals surface area contributed by atoms with Gasteiger partial charge in [-0.05, 0) is 49.3 Å². The second-order valence-corrected chi connectivity index (χ2v) is 6.58. The van der Waals surface area contributed by atoms with Gasteiger partial charge in [0, 0.05) is 17.3 Å². The molecule has 0 aromatic heterocycles. The molecule has 1 aromatic rings. The van der Waals surface area contributed by atoms with Crippen LogP contribution in [-0.4, -0.2) is 11.0 Å². The number of thiocarbonyl (C=S) groups is 1. The van der Waals surface area contributed by atoms with Crippen molar-refractivity contribution >= 4 is 22.9 Å². The van der Waals surface area contributed by atoms with Gasteiger partial charge in [0.05, 0.1) is 0 Å². The first-order valence-electron chi connectivity index (χ1n) is 6.73. The largest absolute Gasteiger partial charge is 0.389 e. The van der Waals surface area contributed by atoms with E-state index in [4.69, 9.17) is 18.0 Å². The van der Waals surface area contributed by atoms with Crippen LogP contribution in [0.15, 0.2) is 18.2 Å². The molecular weight excluding hydrogens is 259 g/mol. The molecular formula is C15H21FN2S. The molecule has 0 spiro atoms. The van der Waals surface area contributed by atoms with Crippen molar-refractivity contribution in [3.63, 3.8) is 0 Å². The lowest BCUT2D eigenvalue weighted by Gasteiger charge is -2.35. The second kappa shape index (κ2) is 5.45. The van der Waals surface area contributed by atoms with Gasteiger partial charge in [0.2, 0.25) is 0 Å². The van der Waals surface area contributed by atoms with Crippen LogP contribution in [0.5, 0.6) is 0 Å². The summed E-state index contributed by atoms with van der Waals surface area (Å²) < 4.78 is 13.2. The molecule has 3 N–H and O–H groups in total. The molecule has 0 aliphatic heterocycles. The maximum Gasteiger partial charge on any atom is 0.124 e. The first-order valence-corrected chi connectivity index (χ1v) is 7.14. The van der Waals surface area contributed by atoms with Crippen LogP contribution in [0.2, 0.25) is 0 Å². The van der Waals surface area contributed by atoms with E-state index in [-0.39, 0.29) is 10.8 Å². The zero-order valence-corrected chi connectivity index (χ0v) is 12.3. The second-order valence-electron chi connectivity index (χ2n) is 6.14. The Labute approximate surface area is 119 Å². The van der Waals surface area contributed by atoms with E-state index in [1.54, 1.807) is 6.07 Å². The Morgan fingerprint density at radius 2 is 2.00 bits per heavy atom. The molecule has 1 fully saturated rings. The van der Waals surface area contributed by atoms with Crippen molar-refractivity contribution in [3.8, 4) is 0 Å². The summed E-state index contributed by atoms with van der Waals surface area (Å²) in [5.74, 6) is -0.307. The Kier molecular flexibility index (Phi) is 4.09. The molecule has 0 amide bonds. The fraction of sp³-hybridized carbons (Fsp3) is 0.533. The van der Waals surface area contributed by atoms with Crippen molar-refractivity contribution in [2.24, 2.45) is 11.1 Å². The third-order valence-electron chi connectivity index (χ3n) is 3.95. The molecule has 0 heterocycles. The Bertz CT molecular complexity index is 475. The van der Waals surface area contributed by atoms with Gasteiger partial charge in [-0.1, -0.05) is 26.1 Å². The molecule has 1 saturated carbocycles. The summed E-state index contributed by atoms with van der Waals surface area (Å²) >= 11 is 4.98. The van der Waals surface area contributed by atoms with Crippen LogP contribution >= 0.6 is 12.2 Å². The summed E-state index contributed by atoms with van der Waals surface area (Å²) in [6, 6.07) is 4.99. The van der Waals surface area contributed by atoms with E-state index in [9.17, 15) is 4.39 Å². The summed E-state index contributed by atoms with van der Waals surface area (Å²) in [5.41, 5.74) is 7.54. The molecule has 0 saturated heterocycles. The van der Waals surface area contributed by atoms with E-state index in [0.717, 1.165) is 18.5 Å². The average molecular weight is 280 g/mol. The average Bonchev–Trinajstić information content (AvgIpc) is 2.33. The van der Waals surface area contributed by atoms with Crippen LogP contribution in [0, 0.1) is 11.2 Å². The molecule has 0 unspecified atom stereocenters. The van der Waals surface area contributed by atoms with E-state index in [0.29, 0.717) is 17.0 Å². The highest BCUT2D eigenvalue weighted by molar-refractivity contribution is 7.80. The molecule has 4 heteroatoms. The Balaban J connectivity index is 2.10. The predicted molar refractivity (Wildman–Crippen MR) is 81.9 cm³/mol. The highest BCUT2D eigenvalue weighted by Gasteiger charge is 2.27. The minimum atomic E-state index is -0.307. The third-order valence-corrected chi connectivity index (χ3v) is 4.17. The van der Waals surface area contributed by atoms with E-state index < -0.39 is 0 Å². The van der Waals surface area contributed by atoms with Gasteiger partial charge in [-0.3, -0.25) is 0 Å². The van der Waals surface area contributed by atoms with Crippen molar-refractivity contribution in [3.05, 3.63) is 29.6 Å². The van der Waals surface area contributed by atoms with E-state index >= 15 is 0 Å². The van der Waals surface area contributed by atoms with Gasteiger partial charge in [-0.25, -0.2) is 4.39 Å². The number of hydrogen-bond donors (Lipinski definition) is 2. The minimum Gasteiger partial charge on any atom is -0.389 e. The van der Waals surface area contributed by atoms with Gasteiger partial charge < -0.3 is 11.1 Å². The molecule has 0 radical (unpaired) electrons. The summed E-state index contributed by atoms with van der Waals surface area (Å²) in [6.45, 7) is 4.61. The smallest absolute Gasteiger partial charge is 0.124 e. The van der Waals surface area contributed by atoms with Gasteiger partial charge in [-0.2, -0.15) is 0 Å². The van der Waals surface area contributed by atoms with Gasteiger partial charge >= 0.3 is 0 Å². The highest BCUT2D eigenvalue weighted by atomic mass is 32.1. The topological polar surface area (TPSA) is 38.0 Å². The lowest BCUT2D eigenvalue weighted by Crippen LogP contribution is -2.30. The number of anilines is 1. The number of hydrogen-bond acceptors (Lipinski definition) is 2. The van der Waals surface area contributed by atoms with Crippen molar-refractivity contribution < 1.29 is 4.39 Å². The number of benzene rings is 1. The van der Waals surface area contributed by atoms with Crippen molar-refractivity contribution in [1.29, 1.82) is 0 Å². The Hall–Kier alpha value is -1.16. The highest BCUT2D eigenvalue weighted by Crippen LogP contribution is 2.36. The van der Waals surface area contributed by atoms with Crippen LogP contribution in [-0.2, 0) is 0 Å². The first kappa shape index (κ1) is 14.3. The first-order chi connectivity index (χ1) is 8.87. The standard InChI is InChI=1S/C15H21FN2S/c1-15(2)7-5-11(6-8-15)18-13-4-3-10(16)9-12(13)14(17)19/h3-4,9,11,18H,5-8H2,1-2H3,(H2,17,19). The summed E-state index contributed by atoms with van der Waals surface area (Å²) in [5, 5.41) is 3.46. The normalized spacial score (nSPS) is 19.1. The maximum absolute atomic E-state index is 13.2. The molecule has 2 nitrogen and oxygen atoms in total. The van der Waals surface area contributed by atoms with Crippen LogP contribution in [0.1, 0.15) is 45.1 Å². The fourth-order valence-corrected chi connectivity index (χ4v) is 2.78. The summed E-state index contributed by atoms with van der Waals surface area (Å²) in [7, 11) is 0. The number of nitrogens with two attached hydrogens (primary N) is 1. The number of rotatable bonds is 3. The number of halogens is 1. The minimum absolute atomic E-state index is 0.234. The van der Waals surface area contributed by atoms with Crippen LogP contribution in [0.3, 0.4) is 0 Å². The molecule has 1 aliphatic rings. The van der Waals surface area contributed by atoms with Gasteiger partial charge in [0.15, 0.2) is 0 Å². The predicted octanol–water partition coefficient (Wildman–Crippen LogP) is 3.84. The fourth-order valence-electron chi connectivity index (χ4n) is 2.61. The molecule has 104 valence electrons. The lowest BCUT2D eigenvalue weighted by atomic mass is 9.75. The molecule has 0 atom stereocenters. The third kappa shape index (κ3) is 3.66. The molecule has 2 rings (SSSR count). The van der Waals surface area contributed by atoms with E-state index in [1.165, 1.54) is 25.0 Å². The summed E-state index contributed by atoms with van der Waals surface area (Å²) in [4.78, 5) is 0.234. The van der Waals surface area contributed by atoms with E-state index in [2.05, 4.69) is 19.2 Å². The molecule has 19 heavy (non-hydrogen) atoms. The van der Waals surface area contributed by atoms with Gasteiger partial charge in [0.25, 0.3) is 0 Å². The van der Waals surface area contributed by atoms with E-state index in [1.807, 2.05) is 0 Å². The lowest BCUT2D eigenvalue weighted by molar-refractivity contribution is 0.232. The van der Waals surface area contributed by atoms with Crippen LogP contribution in [0.25, 0.3) is 0 Å². The Morgan fingerprint density at radius 1 is 1.37 bits per heavy atom. The molecule has 0 bridgehead atoms. The monoisotopic (exact) mass is 280 g/mol. The Morgan fingerprint density at radius 3 is 2.58 bits per heavy atom. The zero-order valence-electron chi connectivity index (χ0n) is 11.5. The van der Waals surface area contributed by atoms with Gasteiger partial charge in [-0.15, -0.1) is 0 Å². The summed E-state index contributed by atoms with van der Waals surface area (Å²) in [6.07, 6.45) is 4.66. The molecule has 1 aromatic carbocycles. The maximum atomic E-state index is 13.2. The molecule has 1 aliphatic carbocycles. The zero-order chi connectivity index (χ0) is 14.0.